The molecule has 3 aromatic carbocycles. The molecule has 264 valence electrons. The van der Waals surface area contributed by atoms with Crippen molar-refractivity contribution < 1.29 is 50.5 Å². The van der Waals surface area contributed by atoms with Crippen LogP contribution in [0.3, 0.4) is 0 Å². The van der Waals surface area contributed by atoms with E-state index in [1.165, 1.54) is 19.1 Å². The third kappa shape index (κ3) is 7.87. The maximum absolute atomic E-state index is 13.9. The molecule has 3 aromatic rings. The first-order chi connectivity index (χ1) is 22.9. The van der Waals surface area contributed by atoms with Crippen LogP contribution in [0.5, 0.6) is 11.5 Å². The molecular formula is C36H38F6N2O5. The molecule has 13 heteroatoms. The van der Waals surface area contributed by atoms with Crippen molar-refractivity contribution in [2.45, 2.75) is 76.6 Å². The number of carbonyl (C=O) groups excluding carboxylic acids is 2. The molecule has 1 heterocycles. The summed E-state index contributed by atoms with van der Waals surface area (Å²) in [5.74, 6) is 0.213. The van der Waals surface area contributed by atoms with Crippen LogP contribution in [-0.2, 0) is 22.4 Å². The highest BCUT2D eigenvalue weighted by molar-refractivity contribution is 6.07. The van der Waals surface area contributed by atoms with Gasteiger partial charge < -0.3 is 19.9 Å². The van der Waals surface area contributed by atoms with Crippen molar-refractivity contribution in [3.63, 3.8) is 0 Å². The van der Waals surface area contributed by atoms with Gasteiger partial charge in [-0.2, -0.15) is 26.3 Å². The number of allylic oxidation sites excluding steroid dienone is 1. The van der Waals surface area contributed by atoms with E-state index < -0.39 is 41.0 Å². The summed E-state index contributed by atoms with van der Waals surface area (Å²) >= 11 is 0. The van der Waals surface area contributed by atoms with E-state index in [0.29, 0.717) is 35.4 Å². The van der Waals surface area contributed by atoms with Crippen LogP contribution in [0.2, 0.25) is 0 Å². The molecule has 49 heavy (non-hydrogen) atoms. The van der Waals surface area contributed by atoms with E-state index in [1.807, 2.05) is 13.8 Å². The molecular weight excluding hydrogens is 654 g/mol. The molecule has 0 aromatic heterocycles. The second kappa shape index (κ2) is 14.5. The number of aliphatic hydroxyl groups is 1. The van der Waals surface area contributed by atoms with Crippen LogP contribution in [0.1, 0.15) is 68.4 Å². The molecule has 0 radical (unpaired) electrons. The number of unbranched alkanes of at least 4 members (excludes halogenated alkanes) is 1. The number of hydrogen-bond donors (Lipinski definition) is 2. The lowest BCUT2D eigenvalue weighted by Gasteiger charge is -2.33. The average molecular weight is 693 g/mol. The molecule has 0 saturated carbocycles. The maximum atomic E-state index is 13.9. The first-order valence-electron chi connectivity index (χ1n) is 15.7. The predicted octanol–water partition coefficient (Wildman–Crippen LogP) is 8.04. The molecule has 3 amide bonds. The van der Waals surface area contributed by atoms with E-state index in [2.05, 4.69) is 5.32 Å². The number of amides is 3. The van der Waals surface area contributed by atoms with Gasteiger partial charge in [-0.1, -0.05) is 54.6 Å². The Balaban J connectivity index is 1.53. The number of halogens is 6. The van der Waals surface area contributed by atoms with Gasteiger partial charge in [0.25, 0.3) is 11.5 Å². The van der Waals surface area contributed by atoms with E-state index >= 15 is 0 Å². The van der Waals surface area contributed by atoms with Gasteiger partial charge in [-0.05, 0) is 81.5 Å². The van der Waals surface area contributed by atoms with Crippen molar-refractivity contribution in [1.82, 2.24) is 10.2 Å². The highest BCUT2D eigenvalue weighted by atomic mass is 19.4. The molecule has 7 nitrogen and oxygen atoms in total. The summed E-state index contributed by atoms with van der Waals surface area (Å²) in [6.07, 6.45) is -8.95. The third-order valence-corrected chi connectivity index (χ3v) is 8.12. The lowest BCUT2D eigenvalue weighted by atomic mass is 9.87. The molecule has 1 aliphatic rings. The van der Waals surface area contributed by atoms with Crippen molar-refractivity contribution in [3.05, 3.63) is 101 Å². The summed E-state index contributed by atoms with van der Waals surface area (Å²) in [5, 5.41) is 12.9. The molecule has 0 aliphatic carbocycles. The van der Waals surface area contributed by atoms with Gasteiger partial charge in [-0.25, -0.2) is 4.79 Å². The van der Waals surface area contributed by atoms with Crippen LogP contribution in [0, 0.1) is 0 Å². The maximum Gasteiger partial charge on any atom is 0.430 e. The quantitative estimate of drug-likeness (QED) is 0.108. The Labute approximate surface area is 280 Å². The number of benzene rings is 3. The smallest absolute Gasteiger partial charge is 0.430 e. The zero-order valence-corrected chi connectivity index (χ0v) is 27.4. The van der Waals surface area contributed by atoms with Gasteiger partial charge in [0.15, 0.2) is 0 Å². The first kappa shape index (κ1) is 37.3. The van der Waals surface area contributed by atoms with Gasteiger partial charge in [-0.3, -0.25) is 9.69 Å². The number of urea groups is 1. The summed E-state index contributed by atoms with van der Waals surface area (Å²) in [5.41, 5.74) is -6.74. The molecule has 0 bridgehead atoms. The predicted molar refractivity (Wildman–Crippen MR) is 171 cm³/mol. The van der Waals surface area contributed by atoms with Gasteiger partial charge in [0.1, 0.15) is 17.0 Å². The number of nitrogens with zero attached hydrogens (tertiary/aromatic N) is 1. The van der Waals surface area contributed by atoms with E-state index in [4.69, 9.17) is 9.47 Å². The zero-order valence-electron chi connectivity index (χ0n) is 27.4. The molecule has 1 aliphatic heterocycles. The number of carbonyl (C=O) groups is 2. The minimum atomic E-state index is -6.06. The van der Waals surface area contributed by atoms with E-state index in [9.17, 15) is 41.0 Å². The summed E-state index contributed by atoms with van der Waals surface area (Å²) in [7, 11) is 0. The Morgan fingerprint density at radius 1 is 0.939 bits per heavy atom. The minimum Gasteiger partial charge on any atom is -0.493 e. The van der Waals surface area contributed by atoms with Crippen LogP contribution in [0.25, 0.3) is 6.08 Å². The Morgan fingerprint density at radius 3 is 2.14 bits per heavy atom. The van der Waals surface area contributed by atoms with Crippen LogP contribution >= 0.6 is 0 Å². The molecule has 1 unspecified atom stereocenters. The number of imide groups is 1. The fourth-order valence-electron chi connectivity index (χ4n) is 5.62. The summed E-state index contributed by atoms with van der Waals surface area (Å²) in [4.78, 5) is 27.3. The highest BCUT2D eigenvalue weighted by Gasteiger charge is 2.71. The normalized spacial score (nSPS) is 17.3. The second-order valence-corrected chi connectivity index (χ2v) is 12.2. The van der Waals surface area contributed by atoms with E-state index in [1.54, 1.807) is 61.5 Å². The van der Waals surface area contributed by atoms with Crippen molar-refractivity contribution in [1.29, 1.82) is 0 Å². The van der Waals surface area contributed by atoms with Crippen molar-refractivity contribution in [2.24, 2.45) is 0 Å². The van der Waals surface area contributed by atoms with Gasteiger partial charge >= 0.3 is 18.4 Å². The van der Waals surface area contributed by atoms with Crippen LogP contribution in [0.15, 0.2) is 72.8 Å². The summed E-state index contributed by atoms with van der Waals surface area (Å²) in [6, 6.07) is 15.9. The van der Waals surface area contributed by atoms with Gasteiger partial charge in [0.2, 0.25) is 0 Å². The topological polar surface area (TPSA) is 88.1 Å². The Hall–Kier alpha value is -4.52. The van der Waals surface area contributed by atoms with Crippen molar-refractivity contribution >= 4 is 18.0 Å². The lowest BCUT2D eigenvalue weighted by Crippen LogP contribution is -2.54. The summed E-state index contributed by atoms with van der Waals surface area (Å²) in [6.45, 7) is 6.92. The molecule has 4 rings (SSSR count). The number of hydrogen-bond acceptors (Lipinski definition) is 5. The van der Waals surface area contributed by atoms with Gasteiger partial charge in [-0.15, -0.1) is 0 Å². The molecule has 1 atom stereocenters. The first-order valence-corrected chi connectivity index (χ1v) is 15.7. The van der Waals surface area contributed by atoms with E-state index in [0.717, 1.165) is 4.90 Å². The Kier molecular flexibility index (Phi) is 11.1. The van der Waals surface area contributed by atoms with Crippen molar-refractivity contribution in [3.8, 4) is 11.5 Å². The van der Waals surface area contributed by atoms with Crippen LogP contribution in [0.4, 0.5) is 31.1 Å². The fraction of sp³-hybridized carbons (Fsp3) is 0.389. The SMILES string of the molecule is CC=Cc1cc(C(O)(C(F)(F)F)C(F)(F)F)cc(Cc2ccccc2)c1OCCCCN1C(=O)NC(C)(c2ccc(OC(C)C)cc2)C1=O. The monoisotopic (exact) mass is 692 g/mol. The number of ether oxygens (including phenoxy) is 2. The molecule has 2 N–H and O–H groups in total. The standard InChI is InChI=1S/C36H38F6N2O5/c1-5-11-25-21-28(34(47,35(37,38)39)36(40,41)42)22-26(20-24-12-7-6-8-13-24)30(25)48-19-10-9-18-44-31(45)33(4,43-32(44)46)27-14-16-29(17-15-27)49-23(2)3/h5-8,11-17,21-23,47H,9-10,18-20H2,1-4H3,(H,43,46). The van der Waals surface area contributed by atoms with Gasteiger partial charge in [0.05, 0.1) is 12.7 Å². The average Bonchev–Trinajstić information content (AvgIpc) is 3.24. The number of nitrogens with one attached hydrogen (secondary N) is 1. The summed E-state index contributed by atoms with van der Waals surface area (Å²) < 4.78 is 94.8. The molecule has 0 spiro atoms. The Bertz CT molecular complexity index is 1640. The largest absolute Gasteiger partial charge is 0.493 e. The van der Waals surface area contributed by atoms with E-state index in [-0.39, 0.29) is 49.0 Å². The molecule has 1 fully saturated rings. The van der Waals surface area contributed by atoms with Crippen molar-refractivity contribution in [2.75, 3.05) is 13.2 Å². The molecule has 1 saturated heterocycles. The lowest BCUT2D eigenvalue weighted by molar-refractivity contribution is -0.376. The fourth-order valence-corrected chi connectivity index (χ4v) is 5.62. The van der Waals surface area contributed by atoms with Gasteiger partial charge in [0, 0.05) is 24.1 Å². The Morgan fingerprint density at radius 2 is 1.57 bits per heavy atom. The minimum absolute atomic E-state index is 0.00148. The number of rotatable bonds is 13. The number of alkyl halides is 6. The van der Waals surface area contributed by atoms with Crippen LogP contribution in [-0.4, -0.2) is 53.6 Å². The van der Waals surface area contributed by atoms with Crippen LogP contribution < -0.4 is 14.8 Å². The third-order valence-electron chi connectivity index (χ3n) is 8.12. The highest BCUT2D eigenvalue weighted by Crippen LogP contribution is 2.51. The zero-order chi connectivity index (χ0) is 36.2. The second-order valence-electron chi connectivity index (χ2n) is 12.2.